The Morgan fingerprint density at radius 3 is 2.54 bits per heavy atom. The Kier molecular flexibility index (Phi) is 6.11. The summed E-state index contributed by atoms with van der Waals surface area (Å²) in [5.74, 6) is 1.20. The van der Waals surface area contributed by atoms with Crippen LogP contribution in [-0.4, -0.2) is 39.3 Å². The molecular weight excluding hydrogens is 326 g/mol. The minimum atomic E-state index is -0.133. The zero-order valence-corrected chi connectivity index (χ0v) is 14.8. The van der Waals surface area contributed by atoms with Gasteiger partial charge in [-0.15, -0.1) is 0 Å². The van der Waals surface area contributed by atoms with E-state index < -0.39 is 0 Å². The van der Waals surface area contributed by atoms with Gasteiger partial charge in [0.05, 0.1) is 18.0 Å². The summed E-state index contributed by atoms with van der Waals surface area (Å²) < 4.78 is 0. The highest BCUT2D eigenvalue weighted by atomic mass is 16.3. The molecule has 1 atom stereocenters. The molecule has 2 heterocycles. The van der Waals surface area contributed by atoms with E-state index in [1.807, 2.05) is 49.4 Å². The average molecular weight is 349 g/mol. The summed E-state index contributed by atoms with van der Waals surface area (Å²) in [4.78, 5) is 13.4. The zero-order valence-electron chi connectivity index (χ0n) is 14.8. The van der Waals surface area contributed by atoms with Crippen LogP contribution < -0.4 is 10.6 Å². The van der Waals surface area contributed by atoms with Crippen LogP contribution in [0.15, 0.2) is 60.8 Å². The minimum Gasteiger partial charge on any atom is -0.394 e. The van der Waals surface area contributed by atoms with Crippen molar-refractivity contribution in [2.75, 3.05) is 23.8 Å². The number of aliphatic hydroxyl groups excluding tert-OH is 1. The number of aliphatic hydroxyl groups is 1. The van der Waals surface area contributed by atoms with Gasteiger partial charge in [0.25, 0.3) is 0 Å². The smallest absolute Gasteiger partial charge is 0.225 e. The van der Waals surface area contributed by atoms with E-state index in [4.69, 9.17) is 0 Å². The normalized spacial score (nSPS) is 11.8. The van der Waals surface area contributed by atoms with Crippen LogP contribution in [-0.2, 0) is 6.42 Å². The van der Waals surface area contributed by atoms with Gasteiger partial charge < -0.3 is 15.7 Å². The Morgan fingerprint density at radius 2 is 1.81 bits per heavy atom. The minimum absolute atomic E-state index is 0.00788. The van der Waals surface area contributed by atoms with E-state index in [-0.39, 0.29) is 12.6 Å². The molecule has 0 saturated heterocycles. The van der Waals surface area contributed by atoms with Crippen molar-refractivity contribution in [3.63, 3.8) is 0 Å². The third kappa shape index (κ3) is 5.00. The number of benzene rings is 1. The van der Waals surface area contributed by atoms with Gasteiger partial charge in [0, 0.05) is 24.8 Å². The molecule has 0 saturated carbocycles. The van der Waals surface area contributed by atoms with Crippen LogP contribution in [0.1, 0.15) is 12.5 Å². The lowest BCUT2D eigenvalue weighted by atomic mass is 10.1. The maximum absolute atomic E-state index is 9.27. The number of pyridine rings is 1. The van der Waals surface area contributed by atoms with Crippen LogP contribution in [0.2, 0.25) is 0 Å². The highest BCUT2D eigenvalue weighted by Gasteiger charge is 2.09. The van der Waals surface area contributed by atoms with Crippen LogP contribution in [0.5, 0.6) is 0 Å². The molecule has 0 unspecified atom stereocenters. The molecule has 6 heteroatoms. The Labute approximate surface area is 153 Å². The predicted octanol–water partition coefficient (Wildman–Crippen LogP) is 2.99. The third-order valence-electron chi connectivity index (χ3n) is 3.87. The van der Waals surface area contributed by atoms with Crippen molar-refractivity contribution in [1.29, 1.82) is 0 Å². The van der Waals surface area contributed by atoms with Gasteiger partial charge in [-0.3, -0.25) is 4.98 Å². The Hall–Kier alpha value is -2.99. The summed E-state index contributed by atoms with van der Waals surface area (Å²) in [7, 11) is 0. The second-order valence-electron chi connectivity index (χ2n) is 6.07. The van der Waals surface area contributed by atoms with E-state index in [1.54, 1.807) is 6.20 Å². The topological polar surface area (TPSA) is 83.0 Å². The molecule has 134 valence electrons. The number of nitrogens with zero attached hydrogens (tertiary/aromatic N) is 3. The first-order valence-electron chi connectivity index (χ1n) is 8.70. The van der Waals surface area contributed by atoms with Crippen LogP contribution in [0.4, 0.5) is 11.8 Å². The van der Waals surface area contributed by atoms with Crippen LogP contribution in [0.3, 0.4) is 0 Å². The predicted molar refractivity (Wildman–Crippen MR) is 104 cm³/mol. The monoisotopic (exact) mass is 349 g/mol. The zero-order chi connectivity index (χ0) is 18.2. The molecule has 0 aliphatic rings. The molecule has 0 aliphatic heterocycles. The fourth-order valence-electron chi connectivity index (χ4n) is 2.49. The average Bonchev–Trinajstić information content (AvgIpc) is 2.69. The van der Waals surface area contributed by atoms with Crippen LogP contribution >= 0.6 is 0 Å². The Bertz CT molecular complexity index is 811. The standard InChI is InChI=1S/C20H23N5O/c1-15(14-26)23-20-24-18(17-9-5-6-11-21-17)13-19(25-20)22-12-10-16-7-3-2-4-8-16/h2-9,11,13,15,26H,10,12,14H2,1H3,(H2,22,23,24,25)/t15-/m1/s1. The van der Waals surface area contributed by atoms with Gasteiger partial charge in [0.1, 0.15) is 5.82 Å². The van der Waals surface area contributed by atoms with Crippen molar-refractivity contribution in [1.82, 2.24) is 15.0 Å². The molecule has 1 aromatic carbocycles. The number of nitrogens with one attached hydrogen (secondary N) is 2. The SMILES string of the molecule is C[C@H](CO)Nc1nc(NCCc2ccccc2)cc(-c2ccccn2)n1. The lowest BCUT2D eigenvalue weighted by Gasteiger charge is -2.14. The third-order valence-corrected chi connectivity index (χ3v) is 3.87. The molecule has 0 fully saturated rings. The molecule has 2 aromatic heterocycles. The summed E-state index contributed by atoms with van der Waals surface area (Å²) in [6.45, 7) is 2.64. The Morgan fingerprint density at radius 1 is 1.00 bits per heavy atom. The van der Waals surface area contributed by atoms with Gasteiger partial charge >= 0.3 is 0 Å². The molecule has 0 bridgehead atoms. The van der Waals surface area contributed by atoms with Crippen molar-refractivity contribution >= 4 is 11.8 Å². The second-order valence-corrected chi connectivity index (χ2v) is 6.07. The molecular formula is C20H23N5O. The van der Waals surface area contributed by atoms with Crippen molar-refractivity contribution in [2.24, 2.45) is 0 Å². The largest absolute Gasteiger partial charge is 0.394 e. The fraction of sp³-hybridized carbons (Fsp3) is 0.250. The number of aromatic nitrogens is 3. The van der Waals surface area contributed by atoms with Gasteiger partial charge in [0.2, 0.25) is 5.95 Å². The number of hydrogen-bond donors (Lipinski definition) is 3. The summed E-state index contributed by atoms with van der Waals surface area (Å²) in [5.41, 5.74) is 2.78. The molecule has 3 rings (SSSR count). The molecule has 0 spiro atoms. The maximum atomic E-state index is 9.27. The van der Waals surface area contributed by atoms with E-state index >= 15 is 0 Å². The second kappa shape index (κ2) is 8.92. The first kappa shape index (κ1) is 17.8. The molecule has 3 N–H and O–H groups in total. The quantitative estimate of drug-likeness (QED) is 0.580. The summed E-state index contributed by atoms with van der Waals surface area (Å²) in [6, 6.07) is 17.8. The lowest BCUT2D eigenvalue weighted by Crippen LogP contribution is -2.21. The van der Waals surface area contributed by atoms with Crippen LogP contribution in [0.25, 0.3) is 11.4 Å². The first-order valence-corrected chi connectivity index (χ1v) is 8.70. The molecule has 0 amide bonds. The Balaban J connectivity index is 1.77. The van der Waals surface area contributed by atoms with Crippen LogP contribution in [0, 0.1) is 0 Å². The van der Waals surface area contributed by atoms with E-state index in [0.29, 0.717) is 5.95 Å². The number of rotatable bonds is 8. The van der Waals surface area contributed by atoms with E-state index in [9.17, 15) is 5.11 Å². The molecule has 6 nitrogen and oxygen atoms in total. The van der Waals surface area contributed by atoms with Crippen molar-refractivity contribution in [3.05, 3.63) is 66.4 Å². The summed E-state index contributed by atoms with van der Waals surface area (Å²) >= 11 is 0. The van der Waals surface area contributed by atoms with Gasteiger partial charge in [-0.2, -0.15) is 4.98 Å². The van der Waals surface area contributed by atoms with Gasteiger partial charge in [-0.25, -0.2) is 4.98 Å². The first-order chi connectivity index (χ1) is 12.7. The maximum Gasteiger partial charge on any atom is 0.225 e. The lowest BCUT2D eigenvalue weighted by molar-refractivity contribution is 0.281. The van der Waals surface area contributed by atoms with E-state index in [0.717, 1.165) is 30.2 Å². The molecule has 26 heavy (non-hydrogen) atoms. The summed E-state index contributed by atoms with van der Waals surface area (Å²) in [6.07, 6.45) is 2.64. The van der Waals surface area contributed by atoms with Crippen molar-refractivity contribution in [2.45, 2.75) is 19.4 Å². The van der Waals surface area contributed by atoms with Crippen molar-refractivity contribution < 1.29 is 5.11 Å². The number of hydrogen-bond acceptors (Lipinski definition) is 6. The van der Waals surface area contributed by atoms with Gasteiger partial charge in [-0.05, 0) is 31.0 Å². The molecule has 3 aromatic rings. The molecule has 0 aliphatic carbocycles. The van der Waals surface area contributed by atoms with E-state index in [2.05, 4.69) is 37.7 Å². The number of anilines is 2. The van der Waals surface area contributed by atoms with E-state index in [1.165, 1.54) is 5.56 Å². The highest BCUT2D eigenvalue weighted by Crippen LogP contribution is 2.20. The summed E-state index contributed by atoms with van der Waals surface area (Å²) in [5, 5.41) is 15.7. The highest BCUT2D eigenvalue weighted by molar-refractivity contribution is 5.61. The van der Waals surface area contributed by atoms with Gasteiger partial charge in [-0.1, -0.05) is 36.4 Å². The van der Waals surface area contributed by atoms with Crippen molar-refractivity contribution in [3.8, 4) is 11.4 Å². The molecule has 0 radical (unpaired) electrons. The van der Waals surface area contributed by atoms with Gasteiger partial charge in [0.15, 0.2) is 0 Å². The fourth-order valence-corrected chi connectivity index (χ4v) is 2.49.